The zero-order valence-corrected chi connectivity index (χ0v) is 19.5. The molecule has 36 heavy (non-hydrogen) atoms. The van der Waals surface area contributed by atoms with Gasteiger partial charge in [-0.3, -0.25) is 19.4 Å². The minimum Gasteiger partial charge on any atom is -0.346 e. The first kappa shape index (κ1) is 22.3. The van der Waals surface area contributed by atoms with Gasteiger partial charge in [-0.1, -0.05) is 0 Å². The molecule has 2 aliphatic rings. The van der Waals surface area contributed by atoms with Crippen LogP contribution in [0.5, 0.6) is 0 Å². The lowest BCUT2D eigenvalue weighted by Crippen LogP contribution is -2.60. The number of nitrogens with zero attached hydrogens (tertiary/aromatic N) is 8. The van der Waals surface area contributed by atoms with Crippen LogP contribution >= 0.6 is 0 Å². The summed E-state index contributed by atoms with van der Waals surface area (Å²) in [7, 11) is 0. The number of hydrogen-bond acceptors (Lipinski definition) is 7. The Bertz CT molecular complexity index is 1460. The first-order chi connectivity index (χ1) is 17.6. The number of aromatic nitrogens is 6. The molecule has 1 aliphatic heterocycles. The van der Waals surface area contributed by atoms with Crippen molar-refractivity contribution in [1.29, 1.82) is 5.26 Å². The summed E-state index contributed by atoms with van der Waals surface area (Å²) < 4.78 is 15.4. The van der Waals surface area contributed by atoms with Crippen LogP contribution in [0.2, 0.25) is 0 Å². The van der Waals surface area contributed by atoms with Crippen LogP contribution in [0, 0.1) is 17.1 Å². The standard InChI is InChI=1S/C25H24FN9O/c26-19-9-17(12-28-14-19)24(36)34-7-5-33(6-8-34)20-10-25(11-20,2-3-27)35-15-18(13-32-35)22-21-1-4-29-23(21)31-16-30-22/h1,4,9,12-16,20H,2,5-8,10-11H2,(H,29,30,31)/t20-,25+. The molecule has 6 rings (SSSR count). The highest BCUT2D eigenvalue weighted by Gasteiger charge is 2.49. The molecular formula is C25H24FN9O. The number of carbonyl (C=O) groups excluding carboxylic acids is 1. The number of nitrogens with one attached hydrogen (secondary N) is 1. The Morgan fingerprint density at radius 3 is 2.81 bits per heavy atom. The summed E-state index contributed by atoms with van der Waals surface area (Å²) in [5.74, 6) is -0.707. The lowest BCUT2D eigenvalue weighted by atomic mass is 9.70. The highest BCUT2D eigenvalue weighted by molar-refractivity contribution is 5.94. The van der Waals surface area contributed by atoms with E-state index in [1.54, 1.807) is 11.1 Å². The third-order valence-corrected chi connectivity index (χ3v) is 7.40. The smallest absolute Gasteiger partial charge is 0.255 e. The number of halogens is 1. The Morgan fingerprint density at radius 2 is 2.03 bits per heavy atom. The maximum atomic E-state index is 13.5. The monoisotopic (exact) mass is 485 g/mol. The van der Waals surface area contributed by atoms with Crippen LogP contribution in [0.3, 0.4) is 0 Å². The number of nitriles is 1. The summed E-state index contributed by atoms with van der Waals surface area (Å²) in [5, 5.41) is 15.1. The van der Waals surface area contributed by atoms with E-state index < -0.39 is 5.82 Å². The fraction of sp³-hybridized carbons (Fsp3) is 0.360. The molecular weight excluding hydrogens is 461 g/mol. The number of rotatable bonds is 5. The second-order valence-corrected chi connectivity index (χ2v) is 9.48. The third-order valence-electron chi connectivity index (χ3n) is 7.40. The first-order valence-electron chi connectivity index (χ1n) is 11.9. The van der Waals surface area contributed by atoms with Crippen molar-refractivity contribution in [2.24, 2.45) is 0 Å². The van der Waals surface area contributed by atoms with Gasteiger partial charge in [-0.25, -0.2) is 14.4 Å². The van der Waals surface area contributed by atoms with Gasteiger partial charge in [0, 0.05) is 61.8 Å². The predicted octanol–water partition coefficient (Wildman–Crippen LogP) is 2.58. The molecule has 2 fully saturated rings. The number of piperazine rings is 1. The van der Waals surface area contributed by atoms with Crippen LogP contribution in [0.4, 0.5) is 4.39 Å². The van der Waals surface area contributed by atoms with Crippen LogP contribution in [-0.2, 0) is 5.54 Å². The van der Waals surface area contributed by atoms with Crippen molar-refractivity contribution in [3.05, 3.63) is 60.8 Å². The molecule has 1 aliphatic carbocycles. The Labute approximate surface area is 206 Å². The molecule has 0 aromatic carbocycles. The van der Waals surface area contributed by atoms with Crippen molar-refractivity contribution in [1.82, 2.24) is 39.5 Å². The fourth-order valence-corrected chi connectivity index (χ4v) is 5.44. The van der Waals surface area contributed by atoms with E-state index in [2.05, 4.69) is 36.0 Å². The third kappa shape index (κ3) is 3.79. The predicted molar refractivity (Wildman–Crippen MR) is 128 cm³/mol. The van der Waals surface area contributed by atoms with Crippen LogP contribution in [0.15, 0.2) is 49.4 Å². The number of pyridine rings is 1. The van der Waals surface area contributed by atoms with Gasteiger partial charge in [0.05, 0.1) is 41.7 Å². The second kappa shape index (κ2) is 8.80. The number of aromatic amines is 1. The Morgan fingerprint density at radius 1 is 1.19 bits per heavy atom. The quantitative estimate of drug-likeness (QED) is 0.461. The molecule has 0 radical (unpaired) electrons. The summed E-state index contributed by atoms with van der Waals surface area (Å²) in [4.78, 5) is 32.4. The van der Waals surface area contributed by atoms with E-state index in [4.69, 9.17) is 0 Å². The minimum absolute atomic E-state index is 0.195. The van der Waals surface area contributed by atoms with Gasteiger partial charge in [-0.05, 0) is 25.0 Å². The molecule has 0 bridgehead atoms. The largest absolute Gasteiger partial charge is 0.346 e. The number of H-pyrrole nitrogens is 1. The summed E-state index contributed by atoms with van der Waals surface area (Å²) in [6.45, 7) is 2.61. The number of hydrogen-bond donors (Lipinski definition) is 1. The Kier molecular flexibility index (Phi) is 5.45. The molecule has 0 atom stereocenters. The number of carbonyl (C=O) groups is 1. The van der Waals surface area contributed by atoms with Gasteiger partial charge in [0.15, 0.2) is 0 Å². The first-order valence-corrected chi connectivity index (χ1v) is 11.9. The summed E-state index contributed by atoms with van der Waals surface area (Å²) in [6.07, 6.45) is 11.6. The molecule has 4 aromatic rings. The number of fused-ring (bicyclic) bond motifs is 1. The molecule has 1 N–H and O–H groups in total. The van der Waals surface area contributed by atoms with Gasteiger partial charge in [0.1, 0.15) is 17.8 Å². The molecule has 0 unspecified atom stereocenters. The minimum atomic E-state index is -0.512. The van der Waals surface area contributed by atoms with Crippen LogP contribution < -0.4 is 0 Å². The molecule has 0 spiro atoms. The lowest BCUT2D eigenvalue weighted by molar-refractivity contribution is -0.0158. The fourth-order valence-electron chi connectivity index (χ4n) is 5.44. The van der Waals surface area contributed by atoms with Crippen molar-refractivity contribution in [3.8, 4) is 17.3 Å². The topological polar surface area (TPSA) is 120 Å². The van der Waals surface area contributed by atoms with Crippen molar-refractivity contribution in [2.75, 3.05) is 26.2 Å². The van der Waals surface area contributed by atoms with Crippen molar-refractivity contribution in [2.45, 2.75) is 30.8 Å². The second-order valence-electron chi connectivity index (χ2n) is 9.48. The summed E-state index contributed by atoms with van der Waals surface area (Å²) >= 11 is 0. The normalized spacial score (nSPS) is 22.3. The van der Waals surface area contributed by atoms with Crippen LogP contribution in [-0.4, -0.2) is 77.6 Å². The Hall–Kier alpha value is -4.17. The van der Waals surface area contributed by atoms with Crippen molar-refractivity contribution in [3.63, 3.8) is 0 Å². The molecule has 4 aromatic heterocycles. The molecule has 5 heterocycles. The van der Waals surface area contributed by atoms with E-state index >= 15 is 0 Å². The Balaban J connectivity index is 1.13. The van der Waals surface area contributed by atoms with Crippen molar-refractivity contribution >= 4 is 16.9 Å². The van der Waals surface area contributed by atoms with Gasteiger partial charge in [-0.15, -0.1) is 0 Å². The highest BCUT2D eigenvalue weighted by atomic mass is 19.1. The SMILES string of the molecule is N#CC[C@]1(n2cc(-c3ncnc4[nH]ccc34)cn2)C[C@@H](N2CCN(C(=O)c3cncc(F)c3)CC2)C1. The van der Waals surface area contributed by atoms with Gasteiger partial charge >= 0.3 is 0 Å². The van der Waals surface area contributed by atoms with Crippen LogP contribution in [0.1, 0.15) is 29.6 Å². The van der Waals surface area contributed by atoms with E-state index in [1.165, 1.54) is 18.6 Å². The van der Waals surface area contributed by atoms with Crippen LogP contribution in [0.25, 0.3) is 22.3 Å². The van der Waals surface area contributed by atoms with Gasteiger partial charge in [0.25, 0.3) is 5.91 Å². The highest BCUT2D eigenvalue weighted by Crippen LogP contribution is 2.45. The van der Waals surface area contributed by atoms with Gasteiger partial charge < -0.3 is 9.88 Å². The van der Waals surface area contributed by atoms with E-state index in [9.17, 15) is 14.4 Å². The average Bonchev–Trinajstić information content (AvgIpc) is 3.56. The van der Waals surface area contributed by atoms with E-state index in [1.807, 2.05) is 23.1 Å². The average molecular weight is 486 g/mol. The lowest BCUT2D eigenvalue weighted by Gasteiger charge is -2.52. The van der Waals surface area contributed by atoms with Gasteiger partial charge in [0.2, 0.25) is 0 Å². The zero-order valence-electron chi connectivity index (χ0n) is 19.5. The molecule has 11 heteroatoms. The van der Waals surface area contributed by atoms with Gasteiger partial charge in [-0.2, -0.15) is 10.4 Å². The van der Waals surface area contributed by atoms with E-state index in [-0.39, 0.29) is 17.0 Å². The summed E-state index contributed by atoms with van der Waals surface area (Å²) in [6, 6.07) is 5.84. The molecule has 10 nitrogen and oxygen atoms in total. The maximum absolute atomic E-state index is 13.5. The summed E-state index contributed by atoms with van der Waals surface area (Å²) in [5.41, 5.74) is 2.39. The maximum Gasteiger partial charge on any atom is 0.255 e. The molecule has 1 saturated carbocycles. The molecule has 1 saturated heterocycles. The molecule has 1 amide bonds. The van der Waals surface area contributed by atoms with Crippen molar-refractivity contribution < 1.29 is 9.18 Å². The van der Waals surface area contributed by atoms with E-state index in [0.717, 1.165) is 54.4 Å². The van der Waals surface area contributed by atoms with E-state index in [0.29, 0.717) is 25.6 Å². The zero-order chi connectivity index (χ0) is 24.7. The molecule has 182 valence electrons. The number of amides is 1.